The Hall–Kier alpha value is -1.84. The molecule has 1 amide bonds. The zero-order chi connectivity index (χ0) is 16.7. The van der Waals surface area contributed by atoms with E-state index in [1.54, 1.807) is 0 Å². The summed E-state index contributed by atoms with van der Waals surface area (Å²) < 4.78 is 0. The van der Waals surface area contributed by atoms with Crippen LogP contribution in [-0.4, -0.2) is 23.4 Å². The van der Waals surface area contributed by atoms with Crippen LogP contribution in [0.3, 0.4) is 0 Å². The molecule has 3 rings (SSSR count). The summed E-state index contributed by atoms with van der Waals surface area (Å²) in [6, 6.07) is 10.2. The molecule has 4 nitrogen and oxygen atoms in total. The minimum atomic E-state index is -0.444. The average molecular weight is 314 g/mol. The Morgan fingerprint density at radius 2 is 1.91 bits per heavy atom. The van der Waals surface area contributed by atoms with E-state index in [0.717, 1.165) is 25.0 Å². The van der Waals surface area contributed by atoms with Crippen molar-refractivity contribution in [3.8, 4) is 0 Å². The molecule has 2 atom stereocenters. The van der Waals surface area contributed by atoms with E-state index < -0.39 is 5.41 Å². The summed E-state index contributed by atoms with van der Waals surface area (Å²) >= 11 is 0. The number of oxime groups is 1. The number of rotatable bonds is 4. The molecule has 124 valence electrons. The van der Waals surface area contributed by atoms with Crippen LogP contribution in [0, 0.1) is 16.2 Å². The van der Waals surface area contributed by atoms with Gasteiger partial charge in [-0.25, -0.2) is 0 Å². The normalized spacial score (nSPS) is 33.1. The molecule has 0 saturated heterocycles. The van der Waals surface area contributed by atoms with Crippen molar-refractivity contribution in [2.75, 3.05) is 6.54 Å². The molecule has 0 radical (unpaired) electrons. The molecule has 2 saturated carbocycles. The summed E-state index contributed by atoms with van der Waals surface area (Å²) in [5.74, 6) is 0.112. The highest BCUT2D eigenvalue weighted by atomic mass is 16.4. The molecular weight excluding hydrogens is 288 g/mol. The number of amides is 1. The summed E-state index contributed by atoms with van der Waals surface area (Å²) in [5.41, 5.74) is 1.19. The van der Waals surface area contributed by atoms with Crippen molar-refractivity contribution in [3.05, 3.63) is 35.9 Å². The number of fused-ring (bicyclic) bond motifs is 2. The largest absolute Gasteiger partial charge is 0.411 e. The molecule has 2 aliphatic carbocycles. The van der Waals surface area contributed by atoms with Crippen LogP contribution in [0.15, 0.2) is 35.5 Å². The van der Waals surface area contributed by atoms with Crippen LogP contribution < -0.4 is 5.32 Å². The minimum absolute atomic E-state index is 0.112. The number of hydrogen-bond acceptors (Lipinski definition) is 3. The summed E-state index contributed by atoms with van der Waals surface area (Å²) in [5, 5.41) is 16.0. The zero-order valence-electron chi connectivity index (χ0n) is 14.2. The van der Waals surface area contributed by atoms with E-state index in [1.807, 2.05) is 18.2 Å². The smallest absolute Gasteiger partial charge is 0.227 e. The Kier molecular flexibility index (Phi) is 3.74. The van der Waals surface area contributed by atoms with Crippen molar-refractivity contribution < 1.29 is 10.0 Å². The average Bonchev–Trinajstić information content (AvgIpc) is 2.85. The predicted octanol–water partition coefficient (Wildman–Crippen LogP) is 3.39. The maximum atomic E-state index is 13.0. The number of carbonyl (C=O) groups is 1. The molecular formula is C19H26N2O2. The Morgan fingerprint density at radius 1 is 1.22 bits per heavy atom. The number of nitrogens with zero attached hydrogens (tertiary/aromatic N) is 1. The molecule has 2 fully saturated rings. The molecule has 4 heteroatoms. The summed E-state index contributed by atoms with van der Waals surface area (Å²) in [6.07, 6.45) is 3.18. The van der Waals surface area contributed by atoms with Gasteiger partial charge in [0.15, 0.2) is 0 Å². The highest BCUT2D eigenvalue weighted by Gasteiger charge is 2.71. The van der Waals surface area contributed by atoms with Gasteiger partial charge in [-0.2, -0.15) is 0 Å². The maximum Gasteiger partial charge on any atom is 0.227 e. The van der Waals surface area contributed by atoms with Crippen molar-refractivity contribution in [2.24, 2.45) is 21.4 Å². The zero-order valence-corrected chi connectivity index (χ0v) is 14.2. The summed E-state index contributed by atoms with van der Waals surface area (Å²) in [6.45, 7) is 7.07. The molecule has 1 aromatic rings. The van der Waals surface area contributed by atoms with E-state index in [9.17, 15) is 10.0 Å². The fraction of sp³-hybridized carbons (Fsp3) is 0.579. The van der Waals surface area contributed by atoms with Gasteiger partial charge in [0.1, 0.15) is 0 Å². The van der Waals surface area contributed by atoms with Crippen LogP contribution in [0.5, 0.6) is 0 Å². The minimum Gasteiger partial charge on any atom is -0.411 e. The van der Waals surface area contributed by atoms with Crippen LogP contribution in [-0.2, 0) is 11.2 Å². The van der Waals surface area contributed by atoms with Gasteiger partial charge in [-0.15, -0.1) is 0 Å². The van der Waals surface area contributed by atoms with Crippen molar-refractivity contribution in [2.45, 2.75) is 46.5 Å². The van der Waals surface area contributed by atoms with E-state index in [-0.39, 0.29) is 16.7 Å². The quantitative estimate of drug-likeness (QED) is 0.661. The molecule has 1 aromatic carbocycles. The lowest BCUT2D eigenvalue weighted by Crippen LogP contribution is -2.47. The topological polar surface area (TPSA) is 61.7 Å². The molecule has 2 N–H and O–H groups in total. The second-order valence-electron chi connectivity index (χ2n) is 7.75. The van der Waals surface area contributed by atoms with Gasteiger partial charge in [-0.1, -0.05) is 56.3 Å². The van der Waals surface area contributed by atoms with Crippen molar-refractivity contribution in [1.29, 1.82) is 0 Å². The molecule has 23 heavy (non-hydrogen) atoms. The number of carbonyl (C=O) groups excluding carboxylic acids is 1. The van der Waals surface area contributed by atoms with Gasteiger partial charge in [0.25, 0.3) is 0 Å². The molecule has 0 spiro atoms. The third-order valence-electron chi connectivity index (χ3n) is 6.83. The van der Waals surface area contributed by atoms with E-state index in [0.29, 0.717) is 13.0 Å². The third kappa shape index (κ3) is 2.11. The van der Waals surface area contributed by atoms with E-state index in [4.69, 9.17) is 0 Å². The standard InChI is InChI=1S/C19H26N2O2/c1-17(2)18(3)10-11-19(17,13-15(18)21-23)16(22)20-12-9-14-7-5-4-6-8-14/h4-8,23H,9-13H2,1-3H3,(H,20,22). The lowest BCUT2D eigenvalue weighted by atomic mass is 9.64. The van der Waals surface area contributed by atoms with Crippen LogP contribution in [0.2, 0.25) is 0 Å². The third-order valence-corrected chi connectivity index (χ3v) is 6.83. The van der Waals surface area contributed by atoms with E-state index in [1.165, 1.54) is 5.56 Å². The molecule has 0 aromatic heterocycles. The van der Waals surface area contributed by atoms with Gasteiger partial charge >= 0.3 is 0 Å². The molecule has 2 aliphatic rings. The first-order valence-corrected chi connectivity index (χ1v) is 8.41. The number of nitrogens with one attached hydrogen (secondary N) is 1. The predicted molar refractivity (Wildman–Crippen MR) is 90.5 cm³/mol. The van der Waals surface area contributed by atoms with Gasteiger partial charge in [0, 0.05) is 18.4 Å². The second-order valence-corrected chi connectivity index (χ2v) is 7.75. The molecule has 2 unspecified atom stereocenters. The van der Waals surface area contributed by atoms with Crippen LogP contribution >= 0.6 is 0 Å². The monoisotopic (exact) mass is 314 g/mol. The first-order chi connectivity index (χ1) is 10.9. The maximum absolute atomic E-state index is 13.0. The second kappa shape index (κ2) is 5.36. The van der Waals surface area contributed by atoms with Gasteiger partial charge in [-0.3, -0.25) is 4.79 Å². The molecule has 0 aliphatic heterocycles. The number of hydrogen-bond donors (Lipinski definition) is 2. The van der Waals surface area contributed by atoms with Gasteiger partial charge in [0.05, 0.1) is 11.1 Å². The number of benzene rings is 1. The lowest BCUT2D eigenvalue weighted by molar-refractivity contribution is -0.135. The van der Waals surface area contributed by atoms with Crippen molar-refractivity contribution >= 4 is 11.6 Å². The van der Waals surface area contributed by atoms with Crippen molar-refractivity contribution in [3.63, 3.8) is 0 Å². The van der Waals surface area contributed by atoms with E-state index >= 15 is 0 Å². The Morgan fingerprint density at radius 3 is 2.52 bits per heavy atom. The van der Waals surface area contributed by atoms with Gasteiger partial charge in [-0.05, 0) is 30.2 Å². The summed E-state index contributed by atoms with van der Waals surface area (Å²) in [7, 11) is 0. The molecule has 0 heterocycles. The van der Waals surface area contributed by atoms with Gasteiger partial charge in [0.2, 0.25) is 5.91 Å². The Labute approximate surface area is 138 Å². The van der Waals surface area contributed by atoms with Crippen LogP contribution in [0.25, 0.3) is 0 Å². The fourth-order valence-electron chi connectivity index (χ4n) is 4.67. The first-order valence-electron chi connectivity index (χ1n) is 8.41. The highest BCUT2D eigenvalue weighted by Crippen LogP contribution is 2.70. The Balaban J connectivity index is 1.72. The van der Waals surface area contributed by atoms with Crippen molar-refractivity contribution in [1.82, 2.24) is 5.32 Å². The van der Waals surface area contributed by atoms with Crippen LogP contribution in [0.1, 0.15) is 45.6 Å². The molecule has 2 bridgehead atoms. The lowest BCUT2D eigenvalue weighted by Gasteiger charge is -2.39. The Bertz CT molecular complexity index is 638. The summed E-state index contributed by atoms with van der Waals surface area (Å²) in [4.78, 5) is 13.0. The van der Waals surface area contributed by atoms with Gasteiger partial charge < -0.3 is 10.5 Å². The van der Waals surface area contributed by atoms with Crippen LogP contribution in [0.4, 0.5) is 0 Å². The first kappa shape index (κ1) is 16.0. The SMILES string of the molecule is CC12CCC(C(=O)NCCc3ccccc3)(CC1=NO)C2(C)C. The fourth-order valence-corrected chi connectivity index (χ4v) is 4.67. The highest BCUT2D eigenvalue weighted by molar-refractivity contribution is 6.02. The van der Waals surface area contributed by atoms with E-state index in [2.05, 4.69) is 43.4 Å².